The van der Waals surface area contributed by atoms with Crippen molar-refractivity contribution in [3.63, 3.8) is 0 Å². The number of amides is 1. The van der Waals surface area contributed by atoms with Crippen LogP contribution in [-0.4, -0.2) is 26.6 Å². The fourth-order valence-electron chi connectivity index (χ4n) is 1.58. The standard InChI is InChI=1S/C13H19NO3S/c1-3-8-14-13(15)10-18(16,17)9-12-7-5-4-6-11(12)2/h4-7H,3,8-10H2,1-2H3,(H,14,15). The maximum Gasteiger partial charge on any atom is 0.235 e. The lowest BCUT2D eigenvalue weighted by Crippen LogP contribution is -2.31. The Bertz CT molecular complexity index is 509. The number of rotatable bonds is 6. The molecule has 0 unspecified atom stereocenters. The van der Waals surface area contributed by atoms with Crippen LogP contribution in [0.5, 0.6) is 0 Å². The first-order chi connectivity index (χ1) is 8.44. The summed E-state index contributed by atoms with van der Waals surface area (Å²) in [7, 11) is -3.40. The number of hydrogen-bond donors (Lipinski definition) is 1. The first kappa shape index (κ1) is 14.7. The van der Waals surface area contributed by atoms with E-state index in [9.17, 15) is 13.2 Å². The summed E-state index contributed by atoms with van der Waals surface area (Å²) in [5.74, 6) is -0.953. The zero-order chi connectivity index (χ0) is 13.6. The van der Waals surface area contributed by atoms with Gasteiger partial charge in [0, 0.05) is 6.54 Å². The predicted octanol–water partition coefficient (Wildman–Crippen LogP) is 1.44. The average Bonchev–Trinajstić information content (AvgIpc) is 2.28. The van der Waals surface area contributed by atoms with Crippen molar-refractivity contribution in [2.24, 2.45) is 0 Å². The second-order valence-corrected chi connectivity index (χ2v) is 6.37. The number of nitrogens with one attached hydrogen (secondary N) is 1. The minimum absolute atomic E-state index is 0.0841. The van der Waals surface area contributed by atoms with Crippen molar-refractivity contribution in [3.05, 3.63) is 35.4 Å². The molecular formula is C13H19NO3S. The van der Waals surface area contributed by atoms with Gasteiger partial charge in [-0.3, -0.25) is 4.79 Å². The van der Waals surface area contributed by atoms with Crippen LogP contribution in [0.3, 0.4) is 0 Å². The highest BCUT2D eigenvalue weighted by molar-refractivity contribution is 7.91. The van der Waals surface area contributed by atoms with Crippen LogP contribution in [0, 0.1) is 6.92 Å². The Morgan fingerprint density at radius 2 is 1.94 bits per heavy atom. The Morgan fingerprint density at radius 1 is 1.28 bits per heavy atom. The molecule has 0 aromatic heterocycles. The zero-order valence-corrected chi connectivity index (χ0v) is 11.6. The highest BCUT2D eigenvalue weighted by Gasteiger charge is 2.17. The van der Waals surface area contributed by atoms with Crippen LogP contribution in [0.15, 0.2) is 24.3 Å². The number of sulfone groups is 1. The third kappa shape index (κ3) is 4.87. The van der Waals surface area contributed by atoms with E-state index in [0.717, 1.165) is 17.5 Å². The molecule has 1 aromatic rings. The lowest BCUT2D eigenvalue weighted by atomic mass is 10.1. The molecule has 1 aromatic carbocycles. The third-order valence-electron chi connectivity index (χ3n) is 2.56. The van der Waals surface area contributed by atoms with Crippen LogP contribution in [-0.2, 0) is 20.4 Å². The van der Waals surface area contributed by atoms with Crippen molar-refractivity contribution in [2.75, 3.05) is 12.3 Å². The van der Waals surface area contributed by atoms with E-state index in [2.05, 4.69) is 5.32 Å². The van der Waals surface area contributed by atoms with E-state index in [1.807, 2.05) is 26.0 Å². The zero-order valence-electron chi connectivity index (χ0n) is 10.8. The molecule has 100 valence electrons. The fraction of sp³-hybridized carbons (Fsp3) is 0.462. The van der Waals surface area contributed by atoms with E-state index in [0.29, 0.717) is 6.54 Å². The number of aryl methyl sites for hydroxylation is 1. The molecule has 0 saturated carbocycles. The Kier molecular flexibility index (Phi) is 5.34. The van der Waals surface area contributed by atoms with Crippen LogP contribution in [0.4, 0.5) is 0 Å². The Labute approximate surface area is 108 Å². The van der Waals surface area contributed by atoms with Crippen LogP contribution < -0.4 is 5.32 Å². The van der Waals surface area contributed by atoms with E-state index in [-0.39, 0.29) is 5.75 Å². The number of hydrogen-bond acceptors (Lipinski definition) is 3. The van der Waals surface area contributed by atoms with Gasteiger partial charge in [0.1, 0.15) is 5.75 Å². The maximum atomic E-state index is 11.9. The first-order valence-electron chi connectivity index (χ1n) is 5.96. The smallest absolute Gasteiger partial charge is 0.235 e. The minimum Gasteiger partial charge on any atom is -0.355 e. The molecule has 5 heteroatoms. The van der Waals surface area contributed by atoms with Gasteiger partial charge in [0.05, 0.1) is 5.75 Å². The first-order valence-corrected chi connectivity index (χ1v) is 7.78. The van der Waals surface area contributed by atoms with Gasteiger partial charge < -0.3 is 5.32 Å². The molecule has 0 aliphatic carbocycles. The summed E-state index contributed by atoms with van der Waals surface area (Å²) in [6, 6.07) is 7.30. The summed E-state index contributed by atoms with van der Waals surface area (Å²) in [5.41, 5.74) is 1.68. The van der Waals surface area contributed by atoms with E-state index in [1.165, 1.54) is 0 Å². The Morgan fingerprint density at radius 3 is 2.56 bits per heavy atom. The molecule has 4 nitrogen and oxygen atoms in total. The van der Waals surface area contributed by atoms with Crippen molar-refractivity contribution in [1.82, 2.24) is 5.32 Å². The summed E-state index contributed by atoms with van der Waals surface area (Å²) < 4.78 is 23.7. The molecule has 0 atom stereocenters. The van der Waals surface area contributed by atoms with Crippen LogP contribution in [0.25, 0.3) is 0 Å². The van der Waals surface area contributed by atoms with Gasteiger partial charge in [-0.25, -0.2) is 8.42 Å². The topological polar surface area (TPSA) is 63.2 Å². The van der Waals surface area contributed by atoms with Gasteiger partial charge in [-0.15, -0.1) is 0 Å². The van der Waals surface area contributed by atoms with Crippen LogP contribution in [0.1, 0.15) is 24.5 Å². The van der Waals surface area contributed by atoms with E-state index in [4.69, 9.17) is 0 Å². The number of carbonyl (C=O) groups excluding carboxylic acids is 1. The molecule has 0 fully saturated rings. The van der Waals surface area contributed by atoms with Gasteiger partial charge >= 0.3 is 0 Å². The third-order valence-corrected chi connectivity index (χ3v) is 4.01. The van der Waals surface area contributed by atoms with Gasteiger partial charge in [0.15, 0.2) is 9.84 Å². The normalized spacial score (nSPS) is 11.2. The van der Waals surface area contributed by atoms with Crippen molar-refractivity contribution in [3.8, 4) is 0 Å². The van der Waals surface area contributed by atoms with E-state index < -0.39 is 21.5 Å². The van der Waals surface area contributed by atoms with Crippen LogP contribution in [0.2, 0.25) is 0 Å². The summed E-state index contributed by atoms with van der Waals surface area (Å²) in [4.78, 5) is 11.4. The molecular weight excluding hydrogens is 250 g/mol. The molecule has 0 spiro atoms. The second kappa shape index (κ2) is 6.54. The van der Waals surface area contributed by atoms with Crippen molar-refractivity contribution >= 4 is 15.7 Å². The molecule has 0 aliphatic heterocycles. The lowest BCUT2D eigenvalue weighted by Gasteiger charge is -2.07. The van der Waals surface area contributed by atoms with Gasteiger partial charge in [0.2, 0.25) is 5.91 Å². The van der Waals surface area contributed by atoms with Crippen molar-refractivity contribution in [2.45, 2.75) is 26.0 Å². The highest BCUT2D eigenvalue weighted by atomic mass is 32.2. The molecule has 1 N–H and O–H groups in total. The molecule has 0 heterocycles. The number of benzene rings is 1. The molecule has 1 rings (SSSR count). The maximum absolute atomic E-state index is 11.9. The van der Waals surface area contributed by atoms with Gasteiger partial charge in [-0.2, -0.15) is 0 Å². The fourth-order valence-corrected chi connectivity index (χ4v) is 2.98. The SMILES string of the molecule is CCCNC(=O)CS(=O)(=O)Cc1ccccc1C. The summed E-state index contributed by atoms with van der Waals surface area (Å²) >= 11 is 0. The molecule has 18 heavy (non-hydrogen) atoms. The molecule has 1 amide bonds. The summed E-state index contributed by atoms with van der Waals surface area (Å²) in [5, 5.41) is 2.57. The molecule has 0 saturated heterocycles. The van der Waals surface area contributed by atoms with Gasteiger partial charge in [-0.1, -0.05) is 31.2 Å². The van der Waals surface area contributed by atoms with Crippen molar-refractivity contribution in [1.29, 1.82) is 0 Å². The summed E-state index contributed by atoms with van der Waals surface area (Å²) in [6.45, 7) is 4.29. The van der Waals surface area contributed by atoms with Crippen molar-refractivity contribution < 1.29 is 13.2 Å². The Hall–Kier alpha value is -1.36. The lowest BCUT2D eigenvalue weighted by molar-refractivity contribution is -0.118. The number of carbonyl (C=O) groups is 1. The molecule has 0 bridgehead atoms. The molecule has 0 radical (unpaired) electrons. The predicted molar refractivity (Wildman–Crippen MR) is 72.0 cm³/mol. The molecule has 0 aliphatic rings. The van der Waals surface area contributed by atoms with E-state index in [1.54, 1.807) is 12.1 Å². The van der Waals surface area contributed by atoms with E-state index >= 15 is 0 Å². The van der Waals surface area contributed by atoms with Gasteiger partial charge in [-0.05, 0) is 24.5 Å². The summed E-state index contributed by atoms with van der Waals surface area (Å²) in [6.07, 6.45) is 0.795. The highest BCUT2D eigenvalue weighted by Crippen LogP contribution is 2.11. The largest absolute Gasteiger partial charge is 0.355 e. The van der Waals surface area contributed by atoms with Crippen LogP contribution >= 0.6 is 0 Å². The Balaban J connectivity index is 2.66. The minimum atomic E-state index is -3.40. The van der Waals surface area contributed by atoms with Gasteiger partial charge in [0.25, 0.3) is 0 Å². The second-order valence-electron chi connectivity index (χ2n) is 4.31. The average molecular weight is 269 g/mol. The monoisotopic (exact) mass is 269 g/mol. The quantitative estimate of drug-likeness (QED) is 0.850.